The Labute approximate surface area is 92.0 Å². The smallest absolute Gasteiger partial charge is 0.220 e. The van der Waals surface area contributed by atoms with Gasteiger partial charge in [0, 0.05) is 0 Å². The van der Waals surface area contributed by atoms with Crippen LogP contribution in [-0.2, 0) is 16.3 Å². The van der Waals surface area contributed by atoms with E-state index in [1.807, 2.05) is 0 Å². The molecule has 2 nitrogen and oxygen atoms in total. The first-order valence-corrected chi connectivity index (χ1v) is 6.31. The number of alkyl halides is 3. The Morgan fingerprint density at radius 1 is 1.06 bits per heavy atom. The molecule has 1 aromatic carbocycles. The Morgan fingerprint density at radius 2 is 1.62 bits per heavy atom. The first-order valence-electron chi connectivity index (χ1n) is 4.66. The minimum Gasteiger partial charge on any atom is -0.220 e. The van der Waals surface area contributed by atoms with E-state index >= 15 is 0 Å². The predicted octanol–water partition coefficient (Wildman–Crippen LogP) is 2.55. The van der Waals surface area contributed by atoms with Crippen LogP contribution in [0.5, 0.6) is 0 Å². The van der Waals surface area contributed by atoms with E-state index in [1.165, 1.54) is 0 Å². The Hall–Kier alpha value is -1.04. The molecule has 0 radical (unpaired) electrons. The van der Waals surface area contributed by atoms with Crippen LogP contribution in [0.1, 0.15) is 12.0 Å². The minimum absolute atomic E-state index is 0.0220. The van der Waals surface area contributed by atoms with Crippen molar-refractivity contribution in [2.24, 2.45) is 0 Å². The van der Waals surface area contributed by atoms with Crippen molar-refractivity contribution >= 4 is 9.84 Å². The van der Waals surface area contributed by atoms with Gasteiger partial charge in [-0.05, 0) is 18.4 Å². The molecule has 0 unspecified atom stereocenters. The zero-order valence-electron chi connectivity index (χ0n) is 8.37. The van der Waals surface area contributed by atoms with Gasteiger partial charge in [0.05, 0.1) is 5.75 Å². The molecule has 0 bridgehead atoms. The molecule has 0 heterocycles. The van der Waals surface area contributed by atoms with Gasteiger partial charge in [0.15, 0.2) is 0 Å². The van der Waals surface area contributed by atoms with Gasteiger partial charge in [-0.3, -0.25) is 0 Å². The topological polar surface area (TPSA) is 34.1 Å². The van der Waals surface area contributed by atoms with Crippen molar-refractivity contribution in [3.8, 4) is 0 Å². The van der Waals surface area contributed by atoms with Crippen molar-refractivity contribution in [2.45, 2.75) is 18.3 Å². The summed E-state index contributed by atoms with van der Waals surface area (Å²) in [6, 6.07) is 8.80. The van der Waals surface area contributed by atoms with E-state index in [1.54, 1.807) is 30.3 Å². The summed E-state index contributed by atoms with van der Waals surface area (Å²) < 4.78 is 57.3. The molecule has 16 heavy (non-hydrogen) atoms. The highest BCUT2D eigenvalue weighted by atomic mass is 32.2. The van der Waals surface area contributed by atoms with Crippen molar-refractivity contribution in [2.75, 3.05) is 5.75 Å². The number of halogens is 3. The molecule has 0 fully saturated rings. The summed E-state index contributed by atoms with van der Waals surface area (Å²) in [5.74, 6) is -0.856. The number of rotatable bonds is 4. The molecular formula is C10H11F3O2S. The zero-order chi connectivity index (χ0) is 12.2. The molecule has 0 aromatic heterocycles. The Bertz CT molecular complexity index is 423. The number of hydrogen-bond acceptors (Lipinski definition) is 2. The van der Waals surface area contributed by atoms with Crippen molar-refractivity contribution in [1.82, 2.24) is 0 Å². The maximum atomic E-state index is 12.0. The van der Waals surface area contributed by atoms with Gasteiger partial charge in [-0.2, -0.15) is 13.2 Å². The van der Waals surface area contributed by atoms with Crippen LogP contribution in [0.4, 0.5) is 13.2 Å². The average molecular weight is 252 g/mol. The third-order valence-corrected chi connectivity index (χ3v) is 3.61. The van der Waals surface area contributed by atoms with E-state index < -0.39 is 21.1 Å². The fourth-order valence-electron chi connectivity index (χ4n) is 1.23. The lowest BCUT2D eigenvalue weighted by Crippen LogP contribution is -2.26. The summed E-state index contributed by atoms with van der Waals surface area (Å²) in [4.78, 5) is 0. The third kappa shape index (κ3) is 3.52. The molecule has 0 spiro atoms. The van der Waals surface area contributed by atoms with Crippen LogP contribution in [0.3, 0.4) is 0 Å². The molecule has 0 saturated carbocycles. The number of aryl methyl sites for hydroxylation is 1. The molecule has 1 aromatic rings. The standard InChI is InChI=1S/C10H11F3O2S/c11-10(12,13)16(14,15)8-4-7-9-5-2-1-3-6-9/h1-3,5-6H,4,7-8H2. The third-order valence-electron chi connectivity index (χ3n) is 2.07. The van der Waals surface area contributed by atoms with E-state index in [4.69, 9.17) is 0 Å². The van der Waals surface area contributed by atoms with Gasteiger partial charge in [0.2, 0.25) is 9.84 Å². The Kier molecular flexibility index (Phi) is 3.96. The SMILES string of the molecule is O=S(=O)(CCCc1ccccc1)C(F)(F)F. The molecule has 0 aliphatic heterocycles. The van der Waals surface area contributed by atoms with Gasteiger partial charge in [0.1, 0.15) is 0 Å². The van der Waals surface area contributed by atoms with E-state index in [-0.39, 0.29) is 6.42 Å². The lowest BCUT2D eigenvalue weighted by Gasteiger charge is -2.07. The molecule has 0 atom stereocenters. The van der Waals surface area contributed by atoms with Crippen LogP contribution in [0, 0.1) is 0 Å². The lowest BCUT2D eigenvalue weighted by atomic mass is 10.1. The molecular weight excluding hydrogens is 241 g/mol. The van der Waals surface area contributed by atoms with Crippen molar-refractivity contribution in [1.29, 1.82) is 0 Å². The normalized spacial score (nSPS) is 12.7. The molecule has 0 aliphatic rings. The molecule has 1 rings (SSSR count). The highest BCUT2D eigenvalue weighted by molar-refractivity contribution is 7.92. The van der Waals surface area contributed by atoms with Crippen molar-refractivity contribution in [3.05, 3.63) is 35.9 Å². The van der Waals surface area contributed by atoms with E-state index in [2.05, 4.69) is 0 Å². The molecule has 0 saturated heterocycles. The van der Waals surface area contributed by atoms with Crippen molar-refractivity contribution < 1.29 is 21.6 Å². The second-order valence-electron chi connectivity index (χ2n) is 3.35. The van der Waals surface area contributed by atoms with Crippen LogP contribution in [0.15, 0.2) is 30.3 Å². The van der Waals surface area contributed by atoms with Gasteiger partial charge in [-0.15, -0.1) is 0 Å². The predicted molar refractivity (Wildman–Crippen MR) is 54.6 cm³/mol. The van der Waals surface area contributed by atoms with Crippen molar-refractivity contribution in [3.63, 3.8) is 0 Å². The number of benzene rings is 1. The second kappa shape index (κ2) is 4.86. The summed E-state index contributed by atoms with van der Waals surface area (Å²) in [6.07, 6.45) is 0.308. The number of hydrogen-bond donors (Lipinski definition) is 0. The van der Waals surface area contributed by atoms with E-state index in [0.717, 1.165) is 5.56 Å². The molecule has 0 N–H and O–H groups in total. The maximum absolute atomic E-state index is 12.0. The molecule has 0 amide bonds. The molecule has 90 valence electrons. The number of sulfone groups is 1. The monoisotopic (exact) mass is 252 g/mol. The fourth-order valence-corrected chi connectivity index (χ4v) is 1.98. The maximum Gasteiger partial charge on any atom is 0.497 e. The van der Waals surface area contributed by atoms with Gasteiger partial charge in [-0.25, -0.2) is 8.42 Å². The van der Waals surface area contributed by atoms with E-state index in [0.29, 0.717) is 6.42 Å². The van der Waals surface area contributed by atoms with Crippen LogP contribution in [-0.4, -0.2) is 19.7 Å². The summed E-state index contributed by atoms with van der Waals surface area (Å²) >= 11 is 0. The highest BCUT2D eigenvalue weighted by Crippen LogP contribution is 2.24. The first-order chi connectivity index (χ1) is 7.33. The largest absolute Gasteiger partial charge is 0.497 e. The van der Waals surface area contributed by atoms with Gasteiger partial charge in [-0.1, -0.05) is 30.3 Å². The van der Waals surface area contributed by atoms with Crippen LogP contribution in [0.2, 0.25) is 0 Å². The van der Waals surface area contributed by atoms with E-state index in [9.17, 15) is 21.6 Å². The summed E-state index contributed by atoms with van der Waals surface area (Å²) in [5.41, 5.74) is -4.30. The first kappa shape index (κ1) is 13.0. The molecule has 0 aliphatic carbocycles. The van der Waals surface area contributed by atoms with Crippen LogP contribution < -0.4 is 0 Å². The van der Waals surface area contributed by atoms with Crippen LogP contribution in [0.25, 0.3) is 0 Å². The Morgan fingerprint density at radius 3 is 2.12 bits per heavy atom. The van der Waals surface area contributed by atoms with Gasteiger partial charge >= 0.3 is 5.51 Å². The minimum atomic E-state index is -5.14. The average Bonchev–Trinajstić information content (AvgIpc) is 2.17. The lowest BCUT2D eigenvalue weighted by molar-refractivity contribution is -0.0435. The highest BCUT2D eigenvalue weighted by Gasteiger charge is 2.44. The van der Waals surface area contributed by atoms with Gasteiger partial charge in [0.25, 0.3) is 0 Å². The van der Waals surface area contributed by atoms with Gasteiger partial charge < -0.3 is 0 Å². The zero-order valence-corrected chi connectivity index (χ0v) is 9.18. The Balaban J connectivity index is 2.49. The quantitative estimate of drug-likeness (QED) is 0.825. The second-order valence-corrected chi connectivity index (χ2v) is 5.45. The summed E-state index contributed by atoms with van der Waals surface area (Å²) in [7, 11) is -4.97. The van der Waals surface area contributed by atoms with Crippen LogP contribution >= 0.6 is 0 Å². The summed E-state index contributed by atoms with van der Waals surface area (Å²) in [6.45, 7) is 0. The molecule has 6 heteroatoms. The fraction of sp³-hybridized carbons (Fsp3) is 0.400. The summed E-state index contributed by atoms with van der Waals surface area (Å²) in [5, 5.41) is 0.